The Hall–Kier alpha value is -2.74. The van der Waals surface area contributed by atoms with Gasteiger partial charge < -0.3 is 0 Å². The third-order valence-electron chi connectivity index (χ3n) is 6.02. The predicted molar refractivity (Wildman–Crippen MR) is 157 cm³/mol. The number of benzene rings is 2. The maximum Gasteiger partial charge on any atom is 0.0890 e. The van der Waals surface area contributed by atoms with Gasteiger partial charge in [-0.25, -0.2) is 9.98 Å². The Kier molecular flexibility index (Phi) is 15.9. The zero-order valence-corrected chi connectivity index (χ0v) is 22.2. The van der Waals surface area contributed by atoms with Crippen LogP contribution in [0.2, 0.25) is 0 Å². The smallest absolute Gasteiger partial charge is 0.0890 e. The van der Waals surface area contributed by atoms with E-state index < -0.39 is 0 Å². The molecular formula is C33H46N2. The van der Waals surface area contributed by atoms with Gasteiger partial charge in [-0.05, 0) is 62.1 Å². The van der Waals surface area contributed by atoms with Gasteiger partial charge in [0, 0.05) is 0 Å². The van der Waals surface area contributed by atoms with Crippen LogP contribution in [0.1, 0.15) is 97.3 Å². The van der Waals surface area contributed by atoms with E-state index in [0.29, 0.717) is 0 Å². The van der Waals surface area contributed by atoms with Gasteiger partial charge in [0.1, 0.15) is 0 Å². The minimum absolute atomic E-state index is 0.924. The molecule has 2 heteroatoms. The summed E-state index contributed by atoms with van der Waals surface area (Å²) in [5, 5.41) is 0. The van der Waals surface area contributed by atoms with Crippen LogP contribution in [0.5, 0.6) is 0 Å². The highest BCUT2D eigenvalue weighted by Gasteiger charge is 2.05. The second-order valence-electron chi connectivity index (χ2n) is 9.23. The van der Waals surface area contributed by atoms with E-state index in [4.69, 9.17) is 9.98 Å². The van der Waals surface area contributed by atoms with Crippen molar-refractivity contribution >= 4 is 22.8 Å². The first-order valence-electron chi connectivity index (χ1n) is 13.9. The van der Waals surface area contributed by atoms with Crippen molar-refractivity contribution in [3.05, 3.63) is 85.0 Å². The molecule has 0 aliphatic rings. The molecule has 0 aromatic heterocycles. The number of aliphatic imine (C=N–C) groups is 2. The normalized spacial score (nSPS) is 12.7. The molecule has 0 aliphatic carbocycles. The molecular weight excluding hydrogens is 424 g/mol. The molecule has 0 amide bonds. The second kappa shape index (κ2) is 19.6. The Morgan fingerprint density at radius 3 is 1.29 bits per heavy atom. The molecule has 0 fully saturated rings. The fraction of sp³-hybridized carbons (Fsp3) is 0.455. The molecule has 2 aromatic carbocycles. The molecule has 0 N–H and O–H groups in total. The standard InChI is InChI=1S/C33H46N2/c1-3-5-7-9-11-13-15-23-29-33(35-31-26-20-17-21-27-31)32(34-30-24-18-16-19-25-30)28-22-14-12-10-8-6-4-2/h16-29H,3-15H2,1-2H3/b28-22+,29-23?,34-32?,35-33?. The van der Waals surface area contributed by atoms with Gasteiger partial charge in [-0.15, -0.1) is 0 Å². The van der Waals surface area contributed by atoms with E-state index >= 15 is 0 Å². The molecule has 188 valence electrons. The number of allylic oxidation sites excluding steroid dienone is 4. The van der Waals surface area contributed by atoms with Crippen LogP contribution < -0.4 is 0 Å². The minimum Gasteiger partial charge on any atom is -0.247 e. The van der Waals surface area contributed by atoms with Crippen molar-refractivity contribution in [2.24, 2.45) is 9.98 Å². The van der Waals surface area contributed by atoms with Crippen molar-refractivity contribution in [1.29, 1.82) is 0 Å². The molecule has 0 heterocycles. The van der Waals surface area contributed by atoms with Crippen LogP contribution in [-0.4, -0.2) is 11.4 Å². The number of hydrogen-bond acceptors (Lipinski definition) is 2. The third kappa shape index (κ3) is 13.7. The maximum atomic E-state index is 5.00. The summed E-state index contributed by atoms with van der Waals surface area (Å²) in [5.41, 5.74) is 3.77. The van der Waals surface area contributed by atoms with Gasteiger partial charge in [0.05, 0.1) is 22.8 Å². The summed E-state index contributed by atoms with van der Waals surface area (Å²) in [6.45, 7) is 4.53. The van der Waals surface area contributed by atoms with Gasteiger partial charge in [0.15, 0.2) is 0 Å². The first-order valence-corrected chi connectivity index (χ1v) is 13.9. The van der Waals surface area contributed by atoms with Crippen molar-refractivity contribution in [3.8, 4) is 0 Å². The van der Waals surface area contributed by atoms with Crippen LogP contribution in [0.3, 0.4) is 0 Å². The molecule has 0 unspecified atom stereocenters. The maximum absolute atomic E-state index is 5.00. The van der Waals surface area contributed by atoms with Gasteiger partial charge in [0.25, 0.3) is 0 Å². The highest BCUT2D eigenvalue weighted by molar-refractivity contribution is 6.51. The summed E-state index contributed by atoms with van der Waals surface area (Å²) < 4.78 is 0. The summed E-state index contributed by atoms with van der Waals surface area (Å²) in [4.78, 5) is 10.00. The minimum atomic E-state index is 0.924. The van der Waals surface area contributed by atoms with E-state index in [1.54, 1.807) is 0 Å². The zero-order valence-electron chi connectivity index (χ0n) is 22.2. The molecule has 0 spiro atoms. The van der Waals surface area contributed by atoms with Crippen molar-refractivity contribution in [3.63, 3.8) is 0 Å². The fourth-order valence-electron chi connectivity index (χ4n) is 3.94. The van der Waals surface area contributed by atoms with Crippen LogP contribution >= 0.6 is 0 Å². The molecule has 0 bridgehead atoms. The topological polar surface area (TPSA) is 24.7 Å². The van der Waals surface area contributed by atoms with Gasteiger partial charge in [-0.2, -0.15) is 0 Å². The lowest BCUT2D eigenvalue weighted by Crippen LogP contribution is -2.08. The number of unbranched alkanes of at least 4 members (excludes halogenated alkanes) is 11. The predicted octanol–water partition coefficient (Wildman–Crippen LogP) is 10.8. The summed E-state index contributed by atoms with van der Waals surface area (Å²) in [6, 6.07) is 20.4. The first-order chi connectivity index (χ1) is 17.3. The Morgan fingerprint density at radius 1 is 0.514 bits per heavy atom. The lowest BCUT2D eigenvalue weighted by Gasteiger charge is -2.05. The summed E-state index contributed by atoms with van der Waals surface area (Å²) in [6.07, 6.45) is 25.4. The van der Waals surface area contributed by atoms with E-state index in [9.17, 15) is 0 Å². The van der Waals surface area contributed by atoms with E-state index in [0.717, 1.165) is 35.6 Å². The number of rotatable bonds is 18. The van der Waals surface area contributed by atoms with Crippen LogP contribution in [0.15, 0.2) is 95.0 Å². The van der Waals surface area contributed by atoms with Crippen molar-refractivity contribution in [2.45, 2.75) is 97.3 Å². The Morgan fingerprint density at radius 2 is 0.886 bits per heavy atom. The Balaban J connectivity index is 2.17. The van der Waals surface area contributed by atoms with E-state index in [-0.39, 0.29) is 0 Å². The van der Waals surface area contributed by atoms with Crippen molar-refractivity contribution in [2.75, 3.05) is 0 Å². The largest absolute Gasteiger partial charge is 0.247 e. The molecule has 2 rings (SSSR count). The third-order valence-corrected chi connectivity index (χ3v) is 6.02. The Labute approximate surface area is 215 Å². The lowest BCUT2D eigenvalue weighted by atomic mass is 10.1. The average Bonchev–Trinajstić information content (AvgIpc) is 2.89. The molecule has 0 aliphatic heterocycles. The molecule has 35 heavy (non-hydrogen) atoms. The quantitative estimate of drug-likeness (QED) is 0.153. The molecule has 2 nitrogen and oxygen atoms in total. The SMILES string of the molecule is CCCCCCC/C=C/C(=Nc1ccccc1)C(C=CCCCCCCCC)=Nc1ccccc1. The summed E-state index contributed by atoms with van der Waals surface area (Å²) in [5.74, 6) is 0. The molecule has 2 aromatic rings. The van der Waals surface area contributed by atoms with Crippen LogP contribution in [0.25, 0.3) is 0 Å². The zero-order chi connectivity index (χ0) is 24.8. The fourth-order valence-corrected chi connectivity index (χ4v) is 3.94. The first kappa shape index (κ1) is 28.5. The highest BCUT2D eigenvalue weighted by atomic mass is 14.8. The van der Waals surface area contributed by atoms with E-state index in [1.165, 1.54) is 70.6 Å². The average molecular weight is 471 g/mol. The van der Waals surface area contributed by atoms with E-state index in [1.807, 2.05) is 36.4 Å². The molecule has 0 atom stereocenters. The van der Waals surface area contributed by atoms with Crippen LogP contribution in [0.4, 0.5) is 11.4 Å². The van der Waals surface area contributed by atoms with Crippen molar-refractivity contribution < 1.29 is 0 Å². The number of hydrogen-bond donors (Lipinski definition) is 0. The van der Waals surface area contributed by atoms with Crippen molar-refractivity contribution in [1.82, 2.24) is 0 Å². The molecule has 0 saturated heterocycles. The van der Waals surface area contributed by atoms with Gasteiger partial charge in [0.2, 0.25) is 0 Å². The molecule has 0 radical (unpaired) electrons. The summed E-state index contributed by atoms with van der Waals surface area (Å²) >= 11 is 0. The number of para-hydroxylation sites is 2. The lowest BCUT2D eigenvalue weighted by molar-refractivity contribution is 0.611. The van der Waals surface area contributed by atoms with Gasteiger partial charge >= 0.3 is 0 Å². The summed E-state index contributed by atoms with van der Waals surface area (Å²) in [7, 11) is 0. The second-order valence-corrected chi connectivity index (χ2v) is 9.23. The van der Waals surface area contributed by atoms with Gasteiger partial charge in [-0.1, -0.05) is 120 Å². The highest BCUT2D eigenvalue weighted by Crippen LogP contribution is 2.16. The number of nitrogens with zero attached hydrogens (tertiary/aromatic N) is 2. The van der Waals surface area contributed by atoms with Gasteiger partial charge in [-0.3, -0.25) is 0 Å². The monoisotopic (exact) mass is 470 g/mol. The Bertz CT molecular complexity index is 891. The van der Waals surface area contributed by atoms with Crippen LogP contribution in [-0.2, 0) is 0 Å². The van der Waals surface area contributed by atoms with Crippen LogP contribution in [0, 0.1) is 0 Å². The molecule has 0 saturated carbocycles. The van der Waals surface area contributed by atoms with E-state index in [2.05, 4.69) is 62.4 Å².